The predicted molar refractivity (Wildman–Crippen MR) is 75.1 cm³/mol. The number of aromatic nitrogens is 2. The molecule has 2 N–H and O–H groups in total. The van der Waals surface area contributed by atoms with Crippen LogP contribution in [0.25, 0.3) is 0 Å². The van der Waals surface area contributed by atoms with Crippen LogP contribution in [-0.2, 0) is 0 Å². The quantitative estimate of drug-likeness (QED) is 0.828. The van der Waals surface area contributed by atoms with E-state index in [-0.39, 0.29) is 0 Å². The highest BCUT2D eigenvalue weighted by atomic mass is 15.2. The molecule has 1 aromatic heterocycles. The van der Waals surface area contributed by atoms with Crippen molar-refractivity contribution in [2.75, 3.05) is 30.4 Å². The van der Waals surface area contributed by atoms with E-state index >= 15 is 0 Å². The minimum Gasteiger partial charge on any atom is -0.368 e. The van der Waals surface area contributed by atoms with E-state index in [0.717, 1.165) is 24.7 Å². The molecule has 100 valence electrons. The molecule has 0 aromatic carbocycles. The Morgan fingerprint density at radius 2 is 2.28 bits per heavy atom. The number of hydrogen-bond donors (Lipinski definition) is 2. The highest BCUT2D eigenvalue weighted by Gasteiger charge is 2.25. The largest absolute Gasteiger partial charge is 0.368 e. The van der Waals surface area contributed by atoms with Crippen molar-refractivity contribution in [1.29, 1.82) is 0 Å². The van der Waals surface area contributed by atoms with Crippen molar-refractivity contribution in [3.63, 3.8) is 0 Å². The van der Waals surface area contributed by atoms with Crippen LogP contribution in [0.4, 0.5) is 11.6 Å². The van der Waals surface area contributed by atoms with Crippen molar-refractivity contribution in [1.82, 2.24) is 15.3 Å². The Balaban J connectivity index is 2.12. The lowest BCUT2D eigenvalue weighted by atomic mass is 10.2. The fraction of sp³-hybridized carbons (Fsp3) is 0.692. The fourth-order valence-electron chi connectivity index (χ4n) is 2.46. The van der Waals surface area contributed by atoms with Gasteiger partial charge in [-0.15, -0.1) is 0 Å². The fourth-order valence-corrected chi connectivity index (χ4v) is 2.46. The highest BCUT2D eigenvalue weighted by molar-refractivity contribution is 5.50. The minimum absolute atomic E-state index is 0.388. The number of hydrogen-bond acceptors (Lipinski definition) is 5. The van der Waals surface area contributed by atoms with Gasteiger partial charge in [-0.05, 0) is 33.7 Å². The molecule has 0 radical (unpaired) electrons. The van der Waals surface area contributed by atoms with E-state index < -0.39 is 0 Å². The number of nitrogens with zero attached hydrogens (tertiary/aromatic N) is 3. The van der Waals surface area contributed by atoms with Crippen LogP contribution < -0.4 is 15.5 Å². The summed E-state index contributed by atoms with van der Waals surface area (Å²) in [5, 5.41) is 6.58. The lowest BCUT2D eigenvalue weighted by molar-refractivity contribution is 0.611. The van der Waals surface area contributed by atoms with Gasteiger partial charge in [0.1, 0.15) is 18.0 Å². The van der Waals surface area contributed by atoms with E-state index in [2.05, 4.69) is 39.3 Å². The molecule has 0 saturated carbocycles. The second-order valence-corrected chi connectivity index (χ2v) is 5.11. The van der Waals surface area contributed by atoms with Crippen LogP contribution in [0.5, 0.6) is 0 Å². The molecule has 2 rings (SSSR count). The summed E-state index contributed by atoms with van der Waals surface area (Å²) in [7, 11) is 2.00. The first-order valence-corrected chi connectivity index (χ1v) is 6.70. The first-order valence-electron chi connectivity index (χ1n) is 6.70. The van der Waals surface area contributed by atoms with E-state index in [1.807, 2.05) is 13.1 Å². The molecular weight excluding hydrogens is 226 g/mol. The molecule has 0 amide bonds. The lowest BCUT2D eigenvalue weighted by Gasteiger charge is -2.25. The van der Waals surface area contributed by atoms with Gasteiger partial charge in [-0.2, -0.15) is 0 Å². The molecule has 1 aliphatic heterocycles. The standard InChI is InChI=1S/C13H23N5/c1-10(2)17-12-7-13(16-9-15-12)18-6-4-5-11(18)8-14-3/h7,9-11,14H,4-6,8H2,1-3H3,(H,15,16,17). The Labute approximate surface area is 109 Å². The molecule has 5 heteroatoms. The van der Waals surface area contributed by atoms with Gasteiger partial charge in [0, 0.05) is 31.2 Å². The first kappa shape index (κ1) is 13.1. The van der Waals surface area contributed by atoms with Gasteiger partial charge in [0.15, 0.2) is 0 Å². The van der Waals surface area contributed by atoms with E-state index in [9.17, 15) is 0 Å². The molecule has 0 aliphatic carbocycles. The average Bonchev–Trinajstić information content (AvgIpc) is 2.77. The third-order valence-electron chi connectivity index (χ3n) is 3.20. The summed E-state index contributed by atoms with van der Waals surface area (Å²) in [4.78, 5) is 11.0. The minimum atomic E-state index is 0.388. The summed E-state index contributed by atoms with van der Waals surface area (Å²) in [5.74, 6) is 1.94. The Bertz CT molecular complexity index is 379. The van der Waals surface area contributed by atoms with Crippen molar-refractivity contribution in [3.05, 3.63) is 12.4 Å². The van der Waals surface area contributed by atoms with Crippen LogP contribution in [0, 0.1) is 0 Å². The van der Waals surface area contributed by atoms with Gasteiger partial charge in [-0.25, -0.2) is 9.97 Å². The first-order chi connectivity index (χ1) is 8.70. The number of rotatable bonds is 5. The molecule has 1 aliphatic rings. The predicted octanol–water partition coefficient (Wildman–Crippen LogP) is 1.49. The average molecular weight is 249 g/mol. The van der Waals surface area contributed by atoms with Crippen LogP contribution in [0.15, 0.2) is 12.4 Å². The smallest absolute Gasteiger partial charge is 0.134 e. The second kappa shape index (κ2) is 6.00. The topological polar surface area (TPSA) is 53.1 Å². The lowest BCUT2D eigenvalue weighted by Crippen LogP contribution is -2.37. The Hall–Kier alpha value is -1.36. The maximum Gasteiger partial charge on any atom is 0.134 e. The molecule has 0 bridgehead atoms. The summed E-state index contributed by atoms with van der Waals surface area (Å²) in [6, 6.07) is 2.99. The van der Waals surface area contributed by atoms with Gasteiger partial charge in [-0.1, -0.05) is 0 Å². The summed E-state index contributed by atoms with van der Waals surface area (Å²) in [6.45, 7) is 6.32. The van der Waals surface area contributed by atoms with Crippen LogP contribution >= 0.6 is 0 Å². The van der Waals surface area contributed by atoms with Gasteiger partial charge < -0.3 is 15.5 Å². The van der Waals surface area contributed by atoms with Crippen LogP contribution in [-0.4, -0.2) is 42.2 Å². The van der Waals surface area contributed by atoms with Gasteiger partial charge in [0.2, 0.25) is 0 Å². The van der Waals surface area contributed by atoms with Crippen molar-refractivity contribution in [2.45, 2.75) is 38.8 Å². The van der Waals surface area contributed by atoms with Crippen LogP contribution in [0.2, 0.25) is 0 Å². The molecule has 1 atom stereocenters. The molecule has 2 heterocycles. The van der Waals surface area contributed by atoms with Crippen molar-refractivity contribution in [2.24, 2.45) is 0 Å². The summed E-state index contributed by atoms with van der Waals surface area (Å²) in [5.41, 5.74) is 0. The van der Waals surface area contributed by atoms with Crippen LogP contribution in [0.3, 0.4) is 0 Å². The summed E-state index contributed by atoms with van der Waals surface area (Å²) >= 11 is 0. The van der Waals surface area contributed by atoms with Gasteiger partial charge in [0.05, 0.1) is 0 Å². The van der Waals surface area contributed by atoms with E-state index in [1.165, 1.54) is 12.8 Å². The Morgan fingerprint density at radius 3 is 3.00 bits per heavy atom. The SMILES string of the molecule is CNCC1CCCN1c1cc(NC(C)C)ncn1. The number of anilines is 2. The molecule has 1 aromatic rings. The zero-order chi connectivity index (χ0) is 13.0. The van der Waals surface area contributed by atoms with Crippen molar-refractivity contribution in [3.8, 4) is 0 Å². The second-order valence-electron chi connectivity index (χ2n) is 5.11. The molecule has 1 unspecified atom stereocenters. The normalized spacial score (nSPS) is 19.6. The summed E-state index contributed by atoms with van der Waals surface area (Å²) < 4.78 is 0. The third kappa shape index (κ3) is 3.10. The van der Waals surface area contributed by atoms with E-state index in [1.54, 1.807) is 6.33 Å². The van der Waals surface area contributed by atoms with Crippen LogP contribution in [0.1, 0.15) is 26.7 Å². The number of nitrogens with one attached hydrogen (secondary N) is 2. The highest BCUT2D eigenvalue weighted by Crippen LogP contribution is 2.24. The Morgan fingerprint density at radius 1 is 1.44 bits per heavy atom. The molecule has 1 saturated heterocycles. The zero-order valence-corrected chi connectivity index (χ0v) is 11.5. The molecule has 0 spiro atoms. The Kier molecular flexibility index (Phi) is 4.36. The third-order valence-corrected chi connectivity index (χ3v) is 3.20. The van der Waals surface area contributed by atoms with Crippen molar-refractivity contribution >= 4 is 11.6 Å². The summed E-state index contributed by atoms with van der Waals surface area (Å²) in [6.07, 6.45) is 4.12. The van der Waals surface area contributed by atoms with Crippen molar-refractivity contribution < 1.29 is 0 Å². The van der Waals surface area contributed by atoms with Gasteiger partial charge >= 0.3 is 0 Å². The molecule has 5 nitrogen and oxygen atoms in total. The monoisotopic (exact) mass is 249 g/mol. The molecule has 1 fully saturated rings. The van der Waals surface area contributed by atoms with E-state index in [4.69, 9.17) is 0 Å². The van der Waals surface area contributed by atoms with E-state index in [0.29, 0.717) is 12.1 Å². The molecular formula is C13H23N5. The van der Waals surface area contributed by atoms with Gasteiger partial charge in [-0.3, -0.25) is 0 Å². The maximum absolute atomic E-state index is 4.41. The molecule has 18 heavy (non-hydrogen) atoms. The number of likely N-dealkylation sites (N-methyl/N-ethyl adjacent to an activating group) is 1. The van der Waals surface area contributed by atoms with Gasteiger partial charge in [0.25, 0.3) is 0 Å². The maximum atomic E-state index is 4.41. The zero-order valence-electron chi connectivity index (χ0n) is 11.5.